The van der Waals surface area contributed by atoms with E-state index in [2.05, 4.69) is 21.2 Å². The average molecular weight is 464 g/mol. The van der Waals surface area contributed by atoms with E-state index >= 15 is 0 Å². The lowest BCUT2D eigenvalue weighted by Gasteiger charge is -2.24. The number of nitrogens with one attached hydrogen (secondary N) is 1. The Morgan fingerprint density at radius 3 is 2.54 bits per heavy atom. The molecule has 142 valence electrons. The number of carbonyl (C=O) groups excluding carboxylic acids is 1. The lowest BCUT2D eigenvalue weighted by Crippen LogP contribution is -2.22. The highest BCUT2D eigenvalue weighted by Gasteiger charge is 2.34. The molecule has 8 heteroatoms. The van der Waals surface area contributed by atoms with Gasteiger partial charge in [-0.05, 0) is 51.3 Å². The van der Waals surface area contributed by atoms with Crippen molar-refractivity contribution in [2.24, 2.45) is 0 Å². The number of aromatic carboxylic acids is 1. The molecule has 0 saturated carbocycles. The normalized spacial score (nSPS) is 15.8. The van der Waals surface area contributed by atoms with Gasteiger partial charge < -0.3 is 10.4 Å². The minimum atomic E-state index is -1.13. The molecule has 0 unspecified atom stereocenters. The summed E-state index contributed by atoms with van der Waals surface area (Å²) in [6.45, 7) is 0. The van der Waals surface area contributed by atoms with Gasteiger partial charge in [0.2, 0.25) is 5.91 Å². The van der Waals surface area contributed by atoms with Crippen molar-refractivity contribution in [3.63, 3.8) is 0 Å². The molecule has 0 fully saturated rings. The number of thiophene rings is 1. The Hall–Kier alpha value is -2.58. The zero-order valence-electron chi connectivity index (χ0n) is 14.1. The maximum absolute atomic E-state index is 13.6. The van der Waals surface area contributed by atoms with Gasteiger partial charge in [0.05, 0.1) is 10.2 Å². The number of anilines is 1. The highest BCUT2D eigenvalue weighted by molar-refractivity contribution is 9.10. The Morgan fingerprint density at radius 2 is 1.89 bits per heavy atom. The van der Waals surface area contributed by atoms with E-state index in [0.29, 0.717) is 27.3 Å². The molecular formula is C20H12BrF2NO3S. The number of carbonyl (C=O) groups is 2. The molecule has 0 aliphatic carbocycles. The van der Waals surface area contributed by atoms with Gasteiger partial charge >= 0.3 is 5.97 Å². The van der Waals surface area contributed by atoms with Crippen LogP contribution in [0.25, 0.3) is 11.1 Å². The van der Waals surface area contributed by atoms with Crippen molar-refractivity contribution >= 4 is 44.8 Å². The van der Waals surface area contributed by atoms with E-state index in [1.165, 1.54) is 30.3 Å². The van der Waals surface area contributed by atoms with Crippen molar-refractivity contribution in [1.29, 1.82) is 0 Å². The molecule has 1 amide bonds. The van der Waals surface area contributed by atoms with E-state index in [1.807, 2.05) is 0 Å². The first-order chi connectivity index (χ1) is 13.3. The van der Waals surface area contributed by atoms with Crippen LogP contribution < -0.4 is 5.32 Å². The van der Waals surface area contributed by atoms with Gasteiger partial charge in [-0.2, -0.15) is 0 Å². The average Bonchev–Trinajstić information content (AvgIpc) is 3.03. The largest absolute Gasteiger partial charge is 0.477 e. The summed E-state index contributed by atoms with van der Waals surface area (Å²) >= 11 is 4.22. The summed E-state index contributed by atoms with van der Waals surface area (Å²) in [5.41, 5.74) is 1.97. The molecule has 4 nitrogen and oxygen atoms in total. The van der Waals surface area contributed by atoms with Gasteiger partial charge in [-0.3, -0.25) is 4.79 Å². The fourth-order valence-electron chi connectivity index (χ4n) is 3.33. The molecule has 2 aromatic carbocycles. The Morgan fingerprint density at radius 1 is 1.18 bits per heavy atom. The van der Waals surface area contributed by atoms with Gasteiger partial charge in [-0.1, -0.05) is 18.2 Å². The molecule has 1 atom stereocenters. The van der Waals surface area contributed by atoms with Crippen LogP contribution >= 0.6 is 27.3 Å². The van der Waals surface area contributed by atoms with Crippen LogP contribution in [-0.2, 0) is 4.79 Å². The molecule has 0 bridgehead atoms. The summed E-state index contributed by atoms with van der Waals surface area (Å²) in [5.74, 6) is -2.67. The van der Waals surface area contributed by atoms with Crippen molar-refractivity contribution in [2.75, 3.05) is 5.32 Å². The monoisotopic (exact) mass is 463 g/mol. The molecule has 0 spiro atoms. The van der Waals surface area contributed by atoms with Gasteiger partial charge in [-0.25, -0.2) is 13.6 Å². The number of carboxylic acid groups (broad SMARTS) is 1. The van der Waals surface area contributed by atoms with E-state index in [0.717, 1.165) is 11.3 Å². The lowest BCUT2D eigenvalue weighted by molar-refractivity contribution is -0.116. The van der Waals surface area contributed by atoms with Crippen LogP contribution in [0.15, 0.2) is 46.9 Å². The van der Waals surface area contributed by atoms with Crippen LogP contribution in [0, 0.1) is 11.6 Å². The third-order valence-corrected chi connectivity index (χ3v) is 6.48. The van der Waals surface area contributed by atoms with Crippen molar-refractivity contribution in [1.82, 2.24) is 0 Å². The van der Waals surface area contributed by atoms with Crippen LogP contribution in [0.5, 0.6) is 0 Å². The van der Waals surface area contributed by atoms with E-state index in [4.69, 9.17) is 0 Å². The van der Waals surface area contributed by atoms with Crippen molar-refractivity contribution < 1.29 is 23.5 Å². The van der Waals surface area contributed by atoms with E-state index in [1.54, 1.807) is 12.1 Å². The number of hydrogen-bond acceptors (Lipinski definition) is 3. The quantitative estimate of drug-likeness (QED) is 0.528. The van der Waals surface area contributed by atoms with E-state index in [9.17, 15) is 23.5 Å². The topological polar surface area (TPSA) is 66.4 Å². The van der Waals surface area contributed by atoms with Gasteiger partial charge in [0, 0.05) is 22.8 Å². The van der Waals surface area contributed by atoms with E-state index in [-0.39, 0.29) is 21.7 Å². The first kappa shape index (κ1) is 18.8. The van der Waals surface area contributed by atoms with E-state index < -0.39 is 23.5 Å². The first-order valence-corrected chi connectivity index (χ1v) is 9.87. The second-order valence-electron chi connectivity index (χ2n) is 6.34. The fourth-order valence-corrected chi connectivity index (χ4v) is 4.97. The molecule has 1 aliphatic heterocycles. The Kier molecular flexibility index (Phi) is 4.76. The minimum Gasteiger partial charge on any atom is -0.477 e. The lowest BCUT2D eigenvalue weighted by atomic mass is 9.88. The summed E-state index contributed by atoms with van der Waals surface area (Å²) in [6, 6.07) is 9.93. The second kappa shape index (κ2) is 7.10. The van der Waals surface area contributed by atoms with Crippen molar-refractivity contribution in [2.45, 2.75) is 12.3 Å². The van der Waals surface area contributed by atoms with Crippen LogP contribution in [-0.4, -0.2) is 17.0 Å². The molecule has 0 saturated heterocycles. The fraction of sp³-hybridized carbons (Fsp3) is 0.100. The van der Waals surface area contributed by atoms with Crippen molar-refractivity contribution in [3.8, 4) is 11.1 Å². The first-order valence-electron chi connectivity index (χ1n) is 8.26. The molecule has 1 aromatic heterocycles. The summed E-state index contributed by atoms with van der Waals surface area (Å²) in [6.07, 6.45) is 0.119. The third-order valence-electron chi connectivity index (χ3n) is 4.58. The molecule has 3 aromatic rings. The summed E-state index contributed by atoms with van der Waals surface area (Å²) < 4.78 is 27.2. The number of fused-ring (bicyclic) bond motifs is 1. The molecule has 2 heterocycles. The SMILES string of the molecule is O=C1C[C@H](c2ccc(F)c(Br)c2)c2sc(C(=O)O)c(-c3ccc(F)cc3)c2N1. The number of hydrogen-bond donors (Lipinski definition) is 2. The highest BCUT2D eigenvalue weighted by atomic mass is 79.9. The maximum Gasteiger partial charge on any atom is 0.346 e. The minimum absolute atomic E-state index is 0.0602. The van der Waals surface area contributed by atoms with Gasteiger partial charge in [0.1, 0.15) is 16.5 Å². The smallest absolute Gasteiger partial charge is 0.346 e. The predicted octanol–water partition coefficient (Wildman–Crippen LogP) is 5.63. The second-order valence-corrected chi connectivity index (χ2v) is 8.24. The number of halogens is 3. The van der Waals surface area contributed by atoms with Crippen LogP contribution in [0.2, 0.25) is 0 Å². The van der Waals surface area contributed by atoms with Crippen LogP contribution in [0.3, 0.4) is 0 Å². The number of rotatable bonds is 3. The summed E-state index contributed by atoms with van der Waals surface area (Å²) in [5, 5.41) is 12.5. The standard InChI is InChI=1S/C20H12BrF2NO3S/c21-13-7-10(3-6-14(13)23)12-8-15(25)24-17-16(9-1-4-11(22)5-2-9)19(20(26)27)28-18(12)17/h1-7,12H,8H2,(H,24,25)(H,26,27)/t12-/m1/s1. The van der Waals surface area contributed by atoms with Crippen LogP contribution in [0.1, 0.15) is 32.5 Å². The molecule has 4 rings (SSSR count). The predicted molar refractivity (Wildman–Crippen MR) is 106 cm³/mol. The number of amides is 1. The summed E-state index contributed by atoms with van der Waals surface area (Å²) in [4.78, 5) is 25.0. The van der Waals surface area contributed by atoms with Gasteiger partial charge in [0.25, 0.3) is 0 Å². The molecule has 2 N–H and O–H groups in total. The molecule has 28 heavy (non-hydrogen) atoms. The Bertz CT molecular complexity index is 1110. The Balaban J connectivity index is 1.93. The number of benzene rings is 2. The zero-order valence-corrected chi connectivity index (χ0v) is 16.5. The molecular weight excluding hydrogens is 452 g/mol. The summed E-state index contributed by atoms with van der Waals surface area (Å²) in [7, 11) is 0. The van der Waals surface area contributed by atoms with Crippen LogP contribution in [0.4, 0.5) is 14.5 Å². The van der Waals surface area contributed by atoms with Gasteiger partial charge in [0.15, 0.2) is 0 Å². The Labute approximate surface area is 171 Å². The number of carboxylic acids is 1. The molecule has 0 radical (unpaired) electrons. The highest BCUT2D eigenvalue weighted by Crippen LogP contribution is 2.49. The van der Waals surface area contributed by atoms with Crippen molar-refractivity contribution in [3.05, 3.63) is 73.9 Å². The zero-order chi connectivity index (χ0) is 20.0. The third kappa shape index (κ3) is 3.22. The maximum atomic E-state index is 13.6. The molecule has 1 aliphatic rings. The van der Waals surface area contributed by atoms with Gasteiger partial charge in [-0.15, -0.1) is 11.3 Å².